The third-order valence-electron chi connectivity index (χ3n) is 4.49. The van der Waals surface area contributed by atoms with E-state index < -0.39 is 5.97 Å². The smallest absolute Gasteiger partial charge is 0.357 e. The predicted molar refractivity (Wildman–Crippen MR) is 88.8 cm³/mol. The summed E-state index contributed by atoms with van der Waals surface area (Å²) in [5.41, 5.74) is 5.94. The quantitative estimate of drug-likeness (QED) is 0.690. The summed E-state index contributed by atoms with van der Waals surface area (Å²) in [6, 6.07) is 12.1. The van der Waals surface area contributed by atoms with Crippen molar-refractivity contribution in [3.05, 3.63) is 58.8 Å². The van der Waals surface area contributed by atoms with Gasteiger partial charge in [0.15, 0.2) is 5.69 Å². The van der Waals surface area contributed by atoms with Crippen LogP contribution in [0.3, 0.4) is 0 Å². The minimum atomic E-state index is -1.02. The number of carboxylic acids is 1. The molecule has 0 radical (unpaired) electrons. The van der Waals surface area contributed by atoms with Crippen molar-refractivity contribution >= 4 is 22.6 Å². The van der Waals surface area contributed by atoms with E-state index >= 15 is 0 Å². The van der Waals surface area contributed by atoms with Gasteiger partial charge in [0.1, 0.15) is 0 Å². The molecule has 0 saturated heterocycles. The number of benzene rings is 2. The largest absolute Gasteiger partial charge is 0.476 e. The second-order valence-electron chi connectivity index (χ2n) is 5.90. The molecule has 0 fully saturated rings. The Labute approximate surface area is 133 Å². The molecule has 0 spiro atoms. The van der Waals surface area contributed by atoms with Crippen LogP contribution in [0.5, 0.6) is 0 Å². The highest BCUT2D eigenvalue weighted by Gasteiger charge is 2.15. The Balaban J connectivity index is 1.60. The van der Waals surface area contributed by atoms with Crippen molar-refractivity contribution in [1.82, 2.24) is 10.2 Å². The van der Waals surface area contributed by atoms with Crippen molar-refractivity contribution in [1.29, 1.82) is 0 Å². The molecule has 4 rings (SSSR count). The molecule has 0 atom stereocenters. The van der Waals surface area contributed by atoms with Crippen LogP contribution in [0.1, 0.15) is 33.6 Å². The lowest BCUT2D eigenvalue weighted by atomic mass is 10.0. The molecule has 0 bridgehead atoms. The minimum Gasteiger partial charge on any atom is -0.476 e. The summed E-state index contributed by atoms with van der Waals surface area (Å²) in [6.45, 7) is 0.745. The van der Waals surface area contributed by atoms with Gasteiger partial charge in [-0.2, -0.15) is 5.10 Å². The Morgan fingerprint density at radius 3 is 3.04 bits per heavy atom. The van der Waals surface area contributed by atoms with Crippen LogP contribution in [0, 0.1) is 0 Å². The van der Waals surface area contributed by atoms with E-state index in [4.69, 9.17) is 0 Å². The molecule has 0 amide bonds. The molecule has 1 aromatic heterocycles. The number of H-pyrrole nitrogens is 1. The van der Waals surface area contributed by atoms with E-state index in [2.05, 4.69) is 33.7 Å². The molecule has 1 heterocycles. The van der Waals surface area contributed by atoms with Crippen molar-refractivity contribution in [2.75, 3.05) is 5.32 Å². The van der Waals surface area contributed by atoms with E-state index in [1.165, 1.54) is 29.5 Å². The zero-order valence-electron chi connectivity index (χ0n) is 12.6. The van der Waals surface area contributed by atoms with Gasteiger partial charge in [-0.05, 0) is 54.2 Å². The number of hydrogen-bond donors (Lipinski definition) is 3. The van der Waals surface area contributed by atoms with Crippen molar-refractivity contribution in [3.63, 3.8) is 0 Å². The number of carbonyl (C=O) groups is 1. The van der Waals surface area contributed by atoms with Gasteiger partial charge in [0.05, 0.1) is 5.52 Å². The lowest BCUT2D eigenvalue weighted by Crippen LogP contribution is -2.03. The Hall–Kier alpha value is -2.82. The number of aromatic amines is 1. The first-order valence-electron chi connectivity index (χ1n) is 7.77. The maximum Gasteiger partial charge on any atom is 0.357 e. The molecule has 2 aromatic carbocycles. The summed E-state index contributed by atoms with van der Waals surface area (Å²) in [4.78, 5) is 11.2. The molecule has 116 valence electrons. The van der Waals surface area contributed by atoms with E-state index in [1.807, 2.05) is 18.2 Å². The zero-order valence-corrected chi connectivity index (χ0v) is 12.6. The third-order valence-corrected chi connectivity index (χ3v) is 4.49. The third kappa shape index (κ3) is 2.44. The van der Waals surface area contributed by atoms with Crippen LogP contribution in [-0.4, -0.2) is 21.3 Å². The van der Waals surface area contributed by atoms with Crippen LogP contribution in [0.4, 0.5) is 5.69 Å². The van der Waals surface area contributed by atoms with Gasteiger partial charge >= 0.3 is 5.97 Å². The normalized spacial score (nSPS) is 13.2. The van der Waals surface area contributed by atoms with Crippen molar-refractivity contribution in [2.45, 2.75) is 25.8 Å². The number of nitrogens with zero attached hydrogens (tertiary/aromatic N) is 1. The number of nitrogens with one attached hydrogen (secondary N) is 2. The molecule has 3 aromatic rings. The summed E-state index contributed by atoms with van der Waals surface area (Å²) in [7, 11) is 0. The monoisotopic (exact) mass is 307 g/mol. The highest BCUT2D eigenvalue weighted by molar-refractivity contribution is 6.01. The highest BCUT2D eigenvalue weighted by atomic mass is 16.4. The highest BCUT2D eigenvalue weighted by Crippen LogP contribution is 2.26. The minimum absolute atomic E-state index is 0.0595. The number of fused-ring (bicyclic) bond motifs is 2. The predicted octanol–water partition coefficient (Wildman–Crippen LogP) is 3.36. The molecule has 0 saturated carbocycles. The Morgan fingerprint density at radius 2 is 2.17 bits per heavy atom. The summed E-state index contributed by atoms with van der Waals surface area (Å²) in [5, 5.41) is 19.8. The zero-order chi connectivity index (χ0) is 15.8. The first-order chi connectivity index (χ1) is 11.2. The van der Waals surface area contributed by atoms with Gasteiger partial charge in [-0.25, -0.2) is 4.79 Å². The van der Waals surface area contributed by atoms with E-state index in [-0.39, 0.29) is 5.69 Å². The molecule has 0 aliphatic heterocycles. The van der Waals surface area contributed by atoms with E-state index in [1.54, 1.807) is 0 Å². The summed E-state index contributed by atoms with van der Waals surface area (Å²) in [6.07, 6.45) is 3.55. The fraction of sp³-hybridized carbons (Fsp3) is 0.222. The topological polar surface area (TPSA) is 78.0 Å². The summed E-state index contributed by atoms with van der Waals surface area (Å²) in [5.74, 6) is -1.02. The maximum atomic E-state index is 11.2. The molecule has 1 aliphatic carbocycles. The molecule has 0 unspecified atom stereocenters. The second kappa shape index (κ2) is 5.43. The number of hydrogen-bond acceptors (Lipinski definition) is 3. The van der Waals surface area contributed by atoms with Gasteiger partial charge in [0.2, 0.25) is 0 Å². The van der Waals surface area contributed by atoms with Crippen LogP contribution in [0.2, 0.25) is 0 Å². The van der Waals surface area contributed by atoms with Crippen molar-refractivity contribution < 1.29 is 9.90 Å². The number of carboxylic acid groups (broad SMARTS) is 1. The lowest BCUT2D eigenvalue weighted by molar-refractivity contribution is 0.0692. The van der Waals surface area contributed by atoms with Gasteiger partial charge in [-0.3, -0.25) is 5.10 Å². The Bertz CT molecular complexity index is 898. The molecular formula is C18H17N3O2. The van der Waals surface area contributed by atoms with Gasteiger partial charge in [-0.1, -0.05) is 18.2 Å². The molecule has 1 aliphatic rings. The number of aromatic carboxylic acids is 1. The summed E-state index contributed by atoms with van der Waals surface area (Å²) < 4.78 is 0. The summed E-state index contributed by atoms with van der Waals surface area (Å²) >= 11 is 0. The first-order valence-corrected chi connectivity index (χ1v) is 7.77. The fourth-order valence-corrected chi connectivity index (χ4v) is 3.35. The lowest BCUT2D eigenvalue weighted by Gasteiger charge is -2.11. The van der Waals surface area contributed by atoms with Crippen molar-refractivity contribution in [3.8, 4) is 0 Å². The molecule has 5 nitrogen and oxygen atoms in total. The van der Waals surface area contributed by atoms with Crippen LogP contribution in [0.25, 0.3) is 10.9 Å². The SMILES string of the molecule is O=C(O)c1n[nH]c2ccc(NCc3cccc4c3CCC4)cc12. The van der Waals surface area contributed by atoms with Crippen molar-refractivity contribution in [2.24, 2.45) is 0 Å². The molecule has 23 heavy (non-hydrogen) atoms. The Morgan fingerprint density at radius 1 is 1.26 bits per heavy atom. The Kier molecular flexibility index (Phi) is 3.26. The fourth-order valence-electron chi connectivity index (χ4n) is 3.35. The van der Waals surface area contributed by atoms with Gasteiger partial charge in [-0.15, -0.1) is 0 Å². The van der Waals surface area contributed by atoms with Crippen LogP contribution in [-0.2, 0) is 19.4 Å². The first kappa shape index (κ1) is 13.8. The van der Waals surface area contributed by atoms with Gasteiger partial charge < -0.3 is 10.4 Å². The number of rotatable bonds is 4. The van der Waals surface area contributed by atoms with Crippen LogP contribution in [0.15, 0.2) is 36.4 Å². The maximum absolute atomic E-state index is 11.2. The van der Waals surface area contributed by atoms with Crippen LogP contribution >= 0.6 is 0 Å². The van der Waals surface area contributed by atoms with Gasteiger partial charge in [0.25, 0.3) is 0 Å². The number of aryl methyl sites for hydroxylation is 1. The van der Waals surface area contributed by atoms with Crippen LogP contribution < -0.4 is 5.32 Å². The van der Waals surface area contributed by atoms with E-state index in [9.17, 15) is 9.90 Å². The number of aromatic nitrogens is 2. The molecule has 5 heteroatoms. The van der Waals surface area contributed by atoms with E-state index in [0.29, 0.717) is 5.39 Å². The average molecular weight is 307 g/mol. The standard InChI is InChI=1S/C18H17N3O2/c22-18(23)17-15-9-13(7-8-16(15)20-21-17)19-10-12-5-1-3-11-4-2-6-14(11)12/h1,3,5,7-9,19H,2,4,6,10H2,(H,20,21)(H,22,23). The molecule has 3 N–H and O–H groups in total. The van der Waals surface area contributed by atoms with Gasteiger partial charge in [0, 0.05) is 17.6 Å². The van der Waals surface area contributed by atoms with E-state index in [0.717, 1.165) is 24.2 Å². The molecular weight excluding hydrogens is 290 g/mol. The average Bonchev–Trinajstić information content (AvgIpc) is 3.19. The second-order valence-corrected chi connectivity index (χ2v) is 5.90. The number of anilines is 1.